The molecule has 2 aliphatic heterocycles. The standard InChI is InChI=1S/C37H35F6N4O2/c1-34(2)26-18-22(36(38,39)40)10-12-28(26)46(16-8-6-14-44)30(34)20-24-32(48)25(33(24)49-5)21-31-35(3,4)27-19-23(37(41,42)43)11-13-29(27)47(31)17-9-7-15-45/h10-13,18-21H,6-9,16-17H2,1-5H3/q+1. The largest absolute Gasteiger partial charge is 0.495 e. The van der Waals surface area contributed by atoms with Gasteiger partial charge in [-0.3, -0.25) is 4.79 Å². The number of carbonyl (C=O) groups is 1. The molecule has 12 heteroatoms. The zero-order chi connectivity index (χ0) is 36.1. The lowest BCUT2D eigenvalue weighted by molar-refractivity contribution is -0.438. The molecule has 2 heterocycles. The summed E-state index contributed by atoms with van der Waals surface area (Å²) in [6.07, 6.45) is -4.54. The minimum absolute atomic E-state index is 0.204. The smallest absolute Gasteiger partial charge is 0.416 e. The molecule has 3 aliphatic rings. The number of rotatable bonds is 9. The molecule has 6 nitrogen and oxygen atoms in total. The maximum absolute atomic E-state index is 13.9. The lowest BCUT2D eigenvalue weighted by Crippen LogP contribution is -2.32. The molecule has 0 radical (unpaired) electrons. The van der Waals surface area contributed by atoms with E-state index >= 15 is 0 Å². The fourth-order valence-electron chi connectivity index (χ4n) is 6.93. The van der Waals surface area contributed by atoms with Gasteiger partial charge in [0.15, 0.2) is 5.71 Å². The Morgan fingerprint density at radius 3 is 2.04 bits per heavy atom. The van der Waals surface area contributed by atoms with Crippen LogP contribution in [0.25, 0.3) is 0 Å². The van der Waals surface area contributed by atoms with Crippen LogP contribution in [-0.2, 0) is 32.7 Å². The van der Waals surface area contributed by atoms with E-state index in [0.717, 1.165) is 24.3 Å². The van der Waals surface area contributed by atoms with Crippen molar-refractivity contribution in [2.45, 2.75) is 76.6 Å². The van der Waals surface area contributed by atoms with Crippen molar-refractivity contribution in [3.63, 3.8) is 0 Å². The number of alkyl halides is 6. The maximum atomic E-state index is 13.9. The molecule has 0 amide bonds. The highest BCUT2D eigenvalue weighted by atomic mass is 19.4. The number of methoxy groups -OCH3 is 1. The first-order chi connectivity index (χ1) is 22.9. The van der Waals surface area contributed by atoms with Crippen LogP contribution in [0.5, 0.6) is 0 Å². The van der Waals surface area contributed by atoms with Gasteiger partial charge in [-0.2, -0.15) is 41.4 Å². The zero-order valence-corrected chi connectivity index (χ0v) is 27.7. The fraction of sp³-hybridized carbons (Fsp3) is 0.405. The third-order valence-corrected chi connectivity index (χ3v) is 9.52. The van der Waals surface area contributed by atoms with Crippen molar-refractivity contribution in [1.29, 1.82) is 10.5 Å². The van der Waals surface area contributed by atoms with Gasteiger partial charge >= 0.3 is 12.4 Å². The Morgan fingerprint density at radius 1 is 0.857 bits per heavy atom. The minimum Gasteiger partial charge on any atom is -0.495 e. The van der Waals surface area contributed by atoms with Gasteiger partial charge in [0, 0.05) is 60.3 Å². The van der Waals surface area contributed by atoms with E-state index < -0.39 is 40.1 Å². The number of allylic oxidation sites excluding steroid dienone is 5. The van der Waals surface area contributed by atoms with E-state index in [0.29, 0.717) is 59.8 Å². The third kappa shape index (κ3) is 6.14. The summed E-state index contributed by atoms with van der Waals surface area (Å²) in [4.78, 5) is 15.7. The van der Waals surface area contributed by atoms with Gasteiger partial charge in [-0.25, -0.2) is 0 Å². The van der Waals surface area contributed by atoms with E-state index in [1.165, 1.54) is 19.2 Å². The highest BCUT2D eigenvalue weighted by Gasteiger charge is 2.49. The number of ether oxygens (including phenoxy) is 1. The van der Waals surface area contributed by atoms with Gasteiger partial charge in [0.05, 0.1) is 46.9 Å². The Hall–Kier alpha value is -4.84. The number of carbonyl (C=O) groups excluding carboxylic acids is 1. The summed E-state index contributed by atoms with van der Waals surface area (Å²) in [7, 11) is 1.39. The maximum Gasteiger partial charge on any atom is 0.416 e. The highest BCUT2D eigenvalue weighted by molar-refractivity contribution is 6.24. The quantitative estimate of drug-likeness (QED) is 0.114. The number of anilines is 1. The van der Waals surface area contributed by atoms with Crippen molar-refractivity contribution < 1.29 is 40.4 Å². The number of fused-ring (bicyclic) bond motifs is 2. The number of unbranched alkanes of at least 4 members (excludes halogenated alkanes) is 2. The molecular weight excluding hydrogens is 646 g/mol. The molecule has 0 atom stereocenters. The molecule has 49 heavy (non-hydrogen) atoms. The molecule has 0 aromatic heterocycles. The van der Waals surface area contributed by atoms with Crippen molar-refractivity contribution in [2.24, 2.45) is 0 Å². The molecule has 2 aromatic rings. The molecule has 0 saturated heterocycles. The Labute approximate surface area is 280 Å². The number of nitrogens with zero attached hydrogens (tertiary/aromatic N) is 4. The molecule has 0 saturated carbocycles. The van der Waals surface area contributed by atoms with Gasteiger partial charge in [-0.1, -0.05) is 13.8 Å². The number of benzene rings is 2. The van der Waals surface area contributed by atoms with Crippen LogP contribution < -0.4 is 4.90 Å². The zero-order valence-electron chi connectivity index (χ0n) is 27.7. The molecule has 0 spiro atoms. The van der Waals surface area contributed by atoms with Gasteiger partial charge in [0.1, 0.15) is 12.3 Å². The average molecular weight is 682 g/mol. The van der Waals surface area contributed by atoms with Crippen molar-refractivity contribution in [2.75, 3.05) is 25.1 Å². The van der Waals surface area contributed by atoms with Crippen LogP contribution in [0.4, 0.5) is 37.7 Å². The lowest BCUT2D eigenvalue weighted by atomic mass is 9.77. The first kappa shape index (κ1) is 35.5. The molecular formula is C37H35F6N4O2+. The minimum atomic E-state index is -4.55. The molecule has 0 bridgehead atoms. The van der Waals surface area contributed by atoms with Gasteiger partial charge in [0.2, 0.25) is 11.5 Å². The number of hydrogen-bond donors (Lipinski definition) is 0. The summed E-state index contributed by atoms with van der Waals surface area (Å²) in [6, 6.07) is 11.3. The number of hydrogen-bond acceptors (Lipinski definition) is 5. The summed E-state index contributed by atoms with van der Waals surface area (Å²) in [6.45, 7) is 7.76. The van der Waals surface area contributed by atoms with Crippen LogP contribution in [-0.4, -0.2) is 36.3 Å². The molecule has 0 N–H and O–H groups in total. The van der Waals surface area contributed by atoms with E-state index in [2.05, 4.69) is 12.1 Å². The van der Waals surface area contributed by atoms with Crippen molar-refractivity contribution in [1.82, 2.24) is 0 Å². The van der Waals surface area contributed by atoms with Gasteiger partial charge < -0.3 is 9.64 Å². The second-order valence-corrected chi connectivity index (χ2v) is 13.3. The summed E-state index contributed by atoms with van der Waals surface area (Å²) in [5.74, 6) is -0.152. The summed E-state index contributed by atoms with van der Waals surface area (Å²) in [5, 5.41) is 18.3. The second-order valence-electron chi connectivity index (χ2n) is 13.3. The monoisotopic (exact) mass is 681 g/mol. The fourth-order valence-corrected chi connectivity index (χ4v) is 6.93. The molecule has 2 aromatic carbocycles. The van der Waals surface area contributed by atoms with E-state index in [9.17, 15) is 31.1 Å². The highest BCUT2D eigenvalue weighted by Crippen LogP contribution is 2.51. The number of nitriles is 2. The third-order valence-electron chi connectivity index (χ3n) is 9.52. The second kappa shape index (κ2) is 12.6. The average Bonchev–Trinajstić information content (AvgIpc) is 3.37. The van der Waals surface area contributed by atoms with Crippen LogP contribution in [0.15, 0.2) is 71.2 Å². The van der Waals surface area contributed by atoms with Crippen LogP contribution >= 0.6 is 0 Å². The molecule has 256 valence electrons. The SMILES string of the molecule is COC1=C(C=C2N(CCCC#N)c3ccc(C(F)(F)F)cc3C2(C)C)C(=O)C1=CC1=[N+](CCCC#N)c2ccc(C(F)(F)F)cc2C1(C)C. The normalized spacial score (nSPS) is 19.6. The Kier molecular flexibility index (Phi) is 9.09. The summed E-state index contributed by atoms with van der Waals surface area (Å²) < 4.78 is 89.7. The number of Topliss-reactive ketones (excluding diaryl/α,β-unsaturated/α-hetero) is 1. The van der Waals surface area contributed by atoms with Crippen molar-refractivity contribution >= 4 is 22.9 Å². The Balaban J connectivity index is 1.62. The van der Waals surface area contributed by atoms with Gasteiger partial charge in [-0.05, 0) is 62.2 Å². The first-order valence-corrected chi connectivity index (χ1v) is 15.8. The topological polar surface area (TPSA) is 80.1 Å². The molecule has 5 rings (SSSR count). The van der Waals surface area contributed by atoms with Crippen LogP contribution in [0.3, 0.4) is 0 Å². The predicted octanol–water partition coefficient (Wildman–Crippen LogP) is 8.80. The lowest BCUT2D eigenvalue weighted by Gasteiger charge is -2.30. The summed E-state index contributed by atoms with van der Waals surface area (Å²) in [5.41, 5.74) is 0.0139. The Morgan fingerprint density at radius 2 is 1.45 bits per heavy atom. The van der Waals surface area contributed by atoms with Crippen LogP contribution in [0.2, 0.25) is 0 Å². The number of halogens is 6. The van der Waals surface area contributed by atoms with Crippen molar-refractivity contribution in [3.05, 3.63) is 93.4 Å². The molecule has 0 unspecified atom stereocenters. The summed E-state index contributed by atoms with van der Waals surface area (Å²) >= 11 is 0. The predicted molar refractivity (Wildman–Crippen MR) is 171 cm³/mol. The van der Waals surface area contributed by atoms with Crippen molar-refractivity contribution in [3.8, 4) is 12.1 Å². The van der Waals surface area contributed by atoms with Gasteiger partial charge in [0.25, 0.3) is 0 Å². The van der Waals surface area contributed by atoms with E-state index in [4.69, 9.17) is 15.3 Å². The first-order valence-electron chi connectivity index (χ1n) is 15.8. The molecule has 1 aliphatic carbocycles. The van der Waals surface area contributed by atoms with Crippen LogP contribution in [0, 0.1) is 22.7 Å². The molecule has 0 fully saturated rings. The van der Waals surface area contributed by atoms with E-state index in [-0.39, 0.29) is 29.7 Å². The van der Waals surface area contributed by atoms with E-state index in [1.807, 2.05) is 9.48 Å². The van der Waals surface area contributed by atoms with E-state index in [1.54, 1.807) is 39.8 Å². The van der Waals surface area contributed by atoms with Crippen LogP contribution in [0.1, 0.15) is 75.6 Å². The Bertz CT molecular complexity index is 1930. The number of ketones is 1. The van der Waals surface area contributed by atoms with Gasteiger partial charge in [-0.15, -0.1) is 0 Å².